The number of hydrogen-bond donors (Lipinski definition) is 2. The average Bonchev–Trinajstić information content (AvgIpc) is 3.07. The fourth-order valence-electron chi connectivity index (χ4n) is 2.62. The Balaban J connectivity index is 2.01. The highest BCUT2D eigenvalue weighted by atomic mass is 15.3. The van der Waals surface area contributed by atoms with Crippen LogP contribution in [0.1, 0.15) is 5.56 Å². The summed E-state index contributed by atoms with van der Waals surface area (Å²) < 4.78 is 1.73. The van der Waals surface area contributed by atoms with Gasteiger partial charge < -0.3 is 5.73 Å². The van der Waals surface area contributed by atoms with Crippen LogP contribution in [0.15, 0.2) is 67.0 Å². The Kier molecular flexibility index (Phi) is 3.28. The number of nitrogens with zero attached hydrogens (tertiary/aromatic N) is 4. The molecule has 0 spiro atoms. The van der Waals surface area contributed by atoms with Crippen LogP contribution in [0.2, 0.25) is 0 Å². The van der Waals surface area contributed by atoms with Gasteiger partial charge in [-0.25, -0.2) is 9.50 Å². The maximum atomic E-state index is 7.79. The van der Waals surface area contributed by atoms with E-state index in [1.807, 2.05) is 48.5 Å². The highest BCUT2D eigenvalue weighted by Gasteiger charge is 2.15. The molecule has 0 amide bonds. The molecule has 0 radical (unpaired) electrons. The van der Waals surface area contributed by atoms with Crippen LogP contribution in [0.5, 0.6) is 0 Å². The SMILES string of the molecule is N=C(N)c1ccc(-c2ccncc2)n2nc(-c3ccccc3)nc12. The van der Waals surface area contributed by atoms with Crippen molar-refractivity contribution in [2.45, 2.75) is 0 Å². The second kappa shape index (κ2) is 5.58. The van der Waals surface area contributed by atoms with Crippen LogP contribution < -0.4 is 5.73 Å². The maximum absolute atomic E-state index is 7.79. The van der Waals surface area contributed by atoms with Crippen LogP contribution in [-0.2, 0) is 0 Å². The number of benzene rings is 1. The molecule has 3 aromatic heterocycles. The van der Waals surface area contributed by atoms with Crippen LogP contribution in [0.25, 0.3) is 28.3 Å². The first kappa shape index (κ1) is 14.1. The second-order valence-corrected chi connectivity index (χ2v) is 5.32. The molecule has 3 heterocycles. The first-order chi connectivity index (χ1) is 11.7. The molecular formula is C18H14N6. The van der Waals surface area contributed by atoms with Crippen molar-refractivity contribution in [2.75, 3.05) is 0 Å². The van der Waals surface area contributed by atoms with Gasteiger partial charge in [0.25, 0.3) is 0 Å². The Morgan fingerprint density at radius 1 is 0.917 bits per heavy atom. The van der Waals surface area contributed by atoms with Gasteiger partial charge in [0, 0.05) is 23.5 Å². The zero-order chi connectivity index (χ0) is 16.5. The number of nitrogens with one attached hydrogen (secondary N) is 1. The Labute approximate surface area is 138 Å². The van der Waals surface area contributed by atoms with E-state index in [2.05, 4.69) is 15.1 Å². The van der Waals surface area contributed by atoms with E-state index in [1.165, 1.54) is 0 Å². The molecular weight excluding hydrogens is 300 g/mol. The molecule has 0 aliphatic carbocycles. The minimum atomic E-state index is -0.0340. The predicted octanol–water partition coefficient (Wildman–Crippen LogP) is 2.74. The van der Waals surface area contributed by atoms with E-state index in [0.717, 1.165) is 16.8 Å². The van der Waals surface area contributed by atoms with Crippen molar-refractivity contribution >= 4 is 11.5 Å². The average molecular weight is 314 g/mol. The Hall–Kier alpha value is -3.54. The van der Waals surface area contributed by atoms with Crippen molar-refractivity contribution in [3.63, 3.8) is 0 Å². The molecule has 0 aliphatic heterocycles. The molecule has 3 N–H and O–H groups in total. The molecule has 4 rings (SSSR count). The summed E-state index contributed by atoms with van der Waals surface area (Å²) in [6.45, 7) is 0. The lowest BCUT2D eigenvalue weighted by Gasteiger charge is -2.06. The lowest BCUT2D eigenvalue weighted by Crippen LogP contribution is -2.13. The number of fused-ring (bicyclic) bond motifs is 1. The van der Waals surface area contributed by atoms with Gasteiger partial charge in [-0.15, -0.1) is 5.10 Å². The highest BCUT2D eigenvalue weighted by Crippen LogP contribution is 2.24. The van der Waals surface area contributed by atoms with Gasteiger partial charge in [-0.3, -0.25) is 10.4 Å². The minimum absolute atomic E-state index is 0.0340. The molecule has 1 aromatic carbocycles. The highest BCUT2D eigenvalue weighted by molar-refractivity contribution is 6.01. The molecule has 24 heavy (non-hydrogen) atoms. The van der Waals surface area contributed by atoms with Crippen molar-refractivity contribution in [3.05, 3.63) is 72.6 Å². The molecule has 0 saturated heterocycles. The van der Waals surface area contributed by atoms with Gasteiger partial charge in [0.1, 0.15) is 5.84 Å². The Bertz CT molecular complexity index is 1020. The topological polar surface area (TPSA) is 93.0 Å². The number of rotatable bonds is 3. The number of amidine groups is 1. The molecule has 0 aliphatic rings. The van der Waals surface area contributed by atoms with Gasteiger partial charge in [0.15, 0.2) is 11.5 Å². The number of pyridine rings is 2. The van der Waals surface area contributed by atoms with Crippen molar-refractivity contribution in [3.8, 4) is 22.6 Å². The van der Waals surface area contributed by atoms with Gasteiger partial charge >= 0.3 is 0 Å². The molecule has 0 atom stereocenters. The Morgan fingerprint density at radius 2 is 1.67 bits per heavy atom. The van der Waals surface area contributed by atoms with E-state index in [9.17, 15) is 0 Å². The molecule has 0 bridgehead atoms. The van der Waals surface area contributed by atoms with Crippen LogP contribution in [0, 0.1) is 5.41 Å². The molecule has 4 aromatic rings. The molecule has 0 saturated carbocycles. The molecule has 6 nitrogen and oxygen atoms in total. The standard InChI is InChI=1S/C18H14N6/c19-16(20)14-6-7-15(12-8-10-21-11-9-12)24-18(14)22-17(23-24)13-4-2-1-3-5-13/h1-11H,(H3,19,20). The minimum Gasteiger partial charge on any atom is -0.384 e. The summed E-state index contributed by atoms with van der Waals surface area (Å²) in [5.74, 6) is 0.563. The molecule has 116 valence electrons. The summed E-state index contributed by atoms with van der Waals surface area (Å²) in [6.07, 6.45) is 3.46. The normalized spacial score (nSPS) is 10.8. The zero-order valence-electron chi connectivity index (χ0n) is 12.7. The monoisotopic (exact) mass is 314 g/mol. The van der Waals surface area contributed by atoms with Crippen LogP contribution in [-0.4, -0.2) is 25.4 Å². The summed E-state index contributed by atoms with van der Waals surface area (Å²) in [5.41, 5.74) is 9.58. The third kappa shape index (κ3) is 2.30. The predicted molar refractivity (Wildman–Crippen MR) is 92.7 cm³/mol. The van der Waals surface area contributed by atoms with E-state index in [0.29, 0.717) is 17.0 Å². The third-order valence-corrected chi connectivity index (χ3v) is 3.78. The Morgan fingerprint density at radius 3 is 2.38 bits per heavy atom. The van der Waals surface area contributed by atoms with E-state index in [-0.39, 0.29) is 5.84 Å². The van der Waals surface area contributed by atoms with Crippen LogP contribution >= 0.6 is 0 Å². The number of nitrogens with two attached hydrogens (primary N) is 1. The van der Waals surface area contributed by atoms with Gasteiger partial charge in [0.2, 0.25) is 0 Å². The fraction of sp³-hybridized carbons (Fsp3) is 0. The summed E-state index contributed by atoms with van der Waals surface area (Å²) in [7, 11) is 0. The zero-order valence-corrected chi connectivity index (χ0v) is 12.7. The number of aromatic nitrogens is 4. The van der Waals surface area contributed by atoms with E-state index >= 15 is 0 Å². The van der Waals surface area contributed by atoms with Crippen molar-refractivity contribution in [1.82, 2.24) is 19.6 Å². The van der Waals surface area contributed by atoms with Crippen molar-refractivity contribution in [1.29, 1.82) is 5.41 Å². The van der Waals surface area contributed by atoms with Gasteiger partial charge in [-0.1, -0.05) is 30.3 Å². The van der Waals surface area contributed by atoms with Gasteiger partial charge in [-0.05, 0) is 24.3 Å². The molecule has 0 fully saturated rings. The van der Waals surface area contributed by atoms with E-state index in [4.69, 9.17) is 11.1 Å². The lowest BCUT2D eigenvalue weighted by atomic mass is 10.1. The summed E-state index contributed by atoms with van der Waals surface area (Å²) in [4.78, 5) is 8.66. The molecule has 0 unspecified atom stereocenters. The number of nitrogen functional groups attached to an aromatic ring is 1. The van der Waals surface area contributed by atoms with Crippen molar-refractivity contribution < 1.29 is 0 Å². The van der Waals surface area contributed by atoms with Crippen molar-refractivity contribution in [2.24, 2.45) is 5.73 Å². The quantitative estimate of drug-likeness (QED) is 0.449. The second-order valence-electron chi connectivity index (χ2n) is 5.32. The van der Waals surface area contributed by atoms with Gasteiger partial charge in [-0.2, -0.15) is 0 Å². The third-order valence-electron chi connectivity index (χ3n) is 3.78. The fourth-order valence-corrected chi connectivity index (χ4v) is 2.62. The summed E-state index contributed by atoms with van der Waals surface area (Å²) >= 11 is 0. The number of hydrogen-bond acceptors (Lipinski definition) is 4. The molecule has 6 heteroatoms. The van der Waals surface area contributed by atoms with Gasteiger partial charge in [0.05, 0.1) is 11.3 Å². The first-order valence-corrected chi connectivity index (χ1v) is 7.44. The smallest absolute Gasteiger partial charge is 0.182 e. The first-order valence-electron chi connectivity index (χ1n) is 7.44. The van der Waals surface area contributed by atoms with E-state index < -0.39 is 0 Å². The van der Waals surface area contributed by atoms with E-state index in [1.54, 1.807) is 23.0 Å². The maximum Gasteiger partial charge on any atom is 0.182 e. The lowest BCUT2D eigenvalue weighted by molar-refractivity contribution is 0.971. The van der Waals surface area contributed by atoms with Crippen LogP contribution in [0.4, 0.5) is 0 Å². The summed E-state index contributed by atoms with van der Waals surface area (Å²) in [6, 6.07) is 17.2. The van der Waals surface area contributed by atoms with Crippen LogP contribution in [0.3, 0.4) is 0 Å². The summed E-state index contributed by atoms with van der Waals surface area (Å²) in [5, 5.41) is 12.4. The largest absolute Gasteiger partial charge is 0.384 e.